The van der Waals surface area contributed by atoms with Gasteiger partial charge in [-0.3, -0.25) is 4.90 Å². The lowest BCUT2D eigenvalue weighted by Crippen LogP contribution is -2.51. The molecule has 3 aliphatic rings. The highest BCUT2D eigenvalue weighted by Gasteiger charge is 2.42. The highest BCUT2D eigenvalue weighted by Crippen LogP contribution is 2.35. The molecule has 1 spiro atoms. The first kappa shape index (κ1) is 15.7. The number of rotatable bonds is 5. The van der Waals surface area contributed by atoms with E-state index in [0.29, 0.717) is 6.04 Å². The Labute approximate surface area is 129 Å². The van der Waals surface area contributed by atoms with Crippen molar-refractivity contribution in [3.8, 4) is 0 Å². The first-order chi connectivity index (χ1) is 10.3. The molecule has 3 fully saturated rings. The third kappa shape index (κ3) is 3.98. The van der Waals surface area contributed by atoms with Crippen LogP contribution in [-0.4, -0.2) is 62.5 Å². The second-order valence-electron chi connectivity index (χ2n) is 7.17. The van der Waals surface area contributed by atoms with Crippen molar-refractivity contribution in [1.29, 1.82) is 0 Å². The van der Waals surface area contributed by atoms with Crippen molar-refractivity contribution in [2.75, 3.05) is 46.0 Å². The predicted molar refractivity (Wildman–Crippen MR) is 84.6 cm³/mol. The van der Waals surface area contributed by atoms with Crippen molar-refractivity contribution in [3.63, 3.8) is 0 Å². The highest BCUT2D eigenvalue weighted by atomic mass is 16.6. The van der Waals surface area contributed by atoms with Gasteiger partial charge in [-0.05, 0) is 57.7 Å². The summed E-state index contributed by atoms with van der Waals surface area (Å²) >= 11 is 0. The molecule has 4 nitrogen and oxygen atoms in total. The maximum absolute atomic E-state index is 6.11. The number of nitrogens with zero attached hydrogens (tertiary/aromatic N) is 1. The van der Waals surface area contributed by atoms with Crippen molar-refractivity contribution >= 4 is 0 Å². The van der Waals surface area contributed by atoms with E-state index < -0.39 is 0 Å². The van der Waals surface area contributed by atoms with Gasteiger partial charge in [0.05, 0.1) is 12.2 Å². The van der Waals surface area contributed by atoms with Gasteiger partial charge in [0.2, 0.25) is 0 Å². The summed E-state index contributed by atoms with van der Waals surface area (Å²) in [5, 5.41) is 3.48. The summed E-state index contributed by atoms with van der Waals surface area (Å²) < 4.78 is 11.7. The Morgan fingerprint density at radius 3 is 2.76 bits per heavy atom. The van der Waals surface area contributed by atoms with Crippen LogP contribution in [-0.2, 0) is 9.47 Å². The average Bonchev–Trinajstić information content (AvgIpc) is 2.96. The van der Waals surface area contributed by atoms with Crippen LogP contribution < -0.4 is 5.32 Å². The van der Waals surface area contributed by atoms with Gasteiger partial charge in [0.25, 0.3) is 0 Å². The summed E-state index contributed by atoms with van der Waals surface area (Å²) in [6.45, 7) is 9.87. The number of hydrogen-bond acceptors (Lipinski definition) is 4. The van der Waals surface area contributed by atoms with Gasteiger partial charge >= 0.3 is 0 Å². The largest absolute Gasteiger partial charge is 0.378 e. The van der Waals surface area contributed by atoms with E-state index >= 15 is 0 Å². The normalized spacial score (nSPS) is 34.9. The zero-order valence-electron chi connectivity index (χ0n) is 13.6. The Kier molecular flexibility index (Phi) is 5.54. The predicted octanol–water partition coefficient (Wildman–Crippen LogP) is 2.04. The SMILES string of the molecule is CCCN(CC1CCNCC1)C1CCOC2(CCOC2)C1. The number of ether oxygens (including phenoxy) is 2. The van der Waals surface area contributed by atoms with Gasteiger partial charge in [-0.2, -0.15) is 0 Å². The molecule has 1 N–H and O–H groups in total. The molecule has 0 amide bonds. The van der Waals surface area contributed by atoms with Crippen LogP contribution in [0.15, 0.2) is 0 Å². The molecule has 21 heavy (non-hydrogen) atoms. The lowest BCUT2D eigenvalue weighted by atomic mass is 9.87. The number of nitrogens with one attached hydrogen (secondary N) is 1. The van der Waals surface area contributed by atoms with Crippen LogP contribution in [0.5, 0.6) is 0 Å². The summed E-state index contributed by atoms with van der Waals surface area (Å²) in [4.78, 5) is 2.78. The summed E-state index contributed by atoms with van der Waals surface area (Å²) in [7, 11) is 0. The van der Waals surface area contributed by atoms with Gasteiger partial charge in [0, 0.05) is 32.2 Å². The first-order valence-corrected chi connectivity index (χ1v) is 8.98. The Morgan fingerprint density at radius 2 is 2.05 bits per heavy atom. The Bertz CT molecular complexity index is 312. The minimum absolute atomic E-state index is 0.0447. The fourth-order valence-electron chi connectivity index (χ4n) is 4.28. The second-order valence-corrected chi connectivity index (χ2v) is 7.17. The van der Waals surface area contributed by atoms with Crippen molar-refractivity contribution in [3.05, 3.63) is 0 Å². The van der Waals surface area contributed by atoms with E-state index in [1.165, 1.54) is 58.3 Å². The molecular weight excluding hydrogens is 264 g/mol. The van der Waals surface area contributed by atoms with Crippen LogP contribution in [0.3, 0.4) is 0 Å². The third-order valence-corrected chi connectivity index (χ3v) is 5.51. The molecule has 0 aromatic carbocycles. The summed E-state index contributed by atoms with van der Waals surface area (Å²) in [6, 6.07) is 0.704. The van der Waals surface area contributed by atoms with Gasteiger partial charge in [0.1, 0.15) is 0 Å². The van der Waals surface area contributed by atoms with Crippen LogP contribution >= 0.6 is 0 Å². The van der Waals surface area contributed by atoms with Crippen molar-refractivity contribution in [1.82, 2.24) is 10.2 Å². The van der Waals surface area contributed by atoms with Crippen LogP contribution in [0, 0.1) is 5.92 Å². The highest BCUT2D eigenvalue weighted by molar-refractivity contribution is 4.94. The lowest BCUT2D eigenvalue weighted by molar-refractivity contribution is -0.108. The summed E-state index contributed by atoms with van der Waals surface area (Å²) in [5.41, 5.74) is 0.0447. The maximum atomic E-state index is 6.11. The fourth-order valence-corrected chi connectivity index (χ4v) is 4.28. The summed E-state index contributed by atoms with van der Waals surface area (Å²) in [6.07, 6.45) is 7.42. The van der Waals surface area contributed by atoms with Gasteiger partial charge in [-0.15, -0.1) is 0 Å². The first-order valence-electron chi connectivity index (χ1n) is 8.98. The molecular formula is C17H32N2O2. The Balaban J connectivity index is 1.59. The lowest BCUT2D eigenvalue weighted by Gasteiger charge is -2.43. The maximum Gasteiger partial charge on any atom is 0.0951 e. The molecule has 0 aromatic rings. The van der Waals surface area contributed by atoms with Crippen molar-refractivity contribution in [2.45, 2.75) is 57.1 Å². The molecule has 3 aliphatic heterocycles. The van der Waals surface area contributed by atoms with Crippen LogP contribution in [0.2, 0.25) is 0 Å². The molecule has 4 heteroatoms. The molecule has 0 aliphatic carbocycles. The zero-order valence-corrected chi connectivity index (χ0v) is 13.6. The van der Waals surface area contributed by atoms with Gasteiger partial charge in [-0.1, -0.05) is 6.92 Å². The van der Waals surface area contributed by atoms with Crippen LogP contribution in [0.1, 0.15) is 45.4 Å². The average molecular weight is 296 g/mol. The standard InChI is InChI=1S/C17H32N2O2/c1-2-9-19(13-15-3-7-18-8-4-15)16-5-10-21-17(12-16)6-11-20-14-17/h15-16,18H,2-14H2,1H3. The number of hydrogen-bond donors (Lipinski definition) is 1. The zero-order chi connectivity index (χ0) is 14.5. The molecule has 3 saturated heterocycles. The van der Waals surface area contributed by atoms with Crippen LogP contribution in [0.25, 0.3) is 0 Å². The minimum Gasteiger partial charge on any atom is -0.378 e. The molecule has 2 atom stereocenters. The topological polar surface area (TPSA) is 33.7 Å². The molecule has 3 heterocycles. The van der Waals surface area contributed by atoms with E-state index in [0.717, 1.165) is 32.2 Å². The fraction of sp³-hybridized carbons (Fsp3) is 1.00. The molecule has 0 saturated carbocycles. The molecule has 2 unspecified atom stereocenters. The molecule has 3 rings (SSSR count). The van der Waals surface area contributed by atoms with E-state index in [2.05, 4.69) is 17.1 Å². The Hall–Kier alpha value is -0.160. The van der Waals surface area contributed by atoms with Crippen LogP contribution in [0.4, 0.5) is 0 Å². The van der Waals surface area contributed by atoms with Gasteiger partial charge in [-0.25, -0.2) is 0 Å². The molecule has 0 aromatic heterocycles. The van der Waals surface area contributed by atoms with E-state index in [4.69, 9.17) is 9.47 Å². The Morgan fingerprint density at radius 1 is 1.19 bits per heavy atom. The van der Waals surface area contributed by atoms with E-state index in [1.807, 2.05) is 0 Å². The monoisotopic (exact) mass is 296 g/mol. The minimum atomic E-state index is 0.0447. The molecule has 122 valence electrons. The van der Waals surface area contributed by atoms with E-state index in [9.17, 15) is 0 Å². The smallest absolute Gasteiger partial charge is 0.0951 e. The quantitative estimate of drug-likeness (QED) is 0.842. The third-order valence-electron chi connectivity index (χ3n) is 5.51. The van der Waals surface area contributed by atoms with E-state index in [1.54, 1.807) is 0 Å². The van der Waals surface area contributed by atoms with Crippen molar-refractivity contribution in [2.24, 2.45) is 5.92 Å². The molecule has 0 radical (unpaired) electrons. The van der Waals surface area contributed by atoms with Crippen molar-refractivity contribution < 1.29 is 9.47 Å². The van der Waals surface area contributed by atoms with Gasteiger partial charge in [0.15, 0.2) is 0 Å². The molecule has 0 bridgehead atoms. The van der Waals surface area contributed by atoms with E-state index in [-0.39, 0.29) is 5.60 Å². The summed E-state index contributed by atoms with van der Waals surface area (Å²) in [5.74, 6) is 0.886. The van der Waals surface area contributed by atoms with Gasteiger partial charge < -0.3 is 14.8 Å². The number of piperidine rings is 1. The second kappa shape index (κ2) is 7.40.